The van der Waals surface area contributed by atoms with Crippen molar-refractivity contribution in [1.82, 2.24) is 20.4 Å². The summed E-state index contributed by atoms with van der Waals surface area (Å²) in [7, 11) is 0. The van der Waals surface area contributed by atoms with E-state index < -0.39 is 0 Å². The van der Waals surface area contributed by atoms with Crippen LogP contribution >= 0.6 is 0 Å². The summed E-state index contributed by atoms with van der Waals surface area (Å²) in [4.78, 5) is 19.7. The third kappa shape index (κ3) is 4.74. The minimum absolute atomic E-state index is 0.133. The summed E-state index contributed by atoms with van der Waals surface area (Å²) in [6.07, 6.45) is 4.66. The van der Waals surface area contributed by atoms with Crippen molar-refractivity contribution in [1.29, 1.82) is 0 Å². The fourth-order valence-electron chi connectivity index (χ4n) is 4.71. The summed E-state index contributed by atoms with van der Waals surface area (Å²) < 4.78 is 0. The average Bonchev–Trinajstić information content (AvgIpc) is 2.76. The molecule has 0 spiro atoms. The molecule has 0 unspecified atom stereocenters. The molecule has 3 fully saturated rings. The van der Waals surface area contributed by atoms with Gasteiger partial charge in [-0.25, -0.2) is 4.79 Å². The van der Waals surface area contributed by atoms with Crippen molar-refractivity contribution in [3.05, 3.63) is 30.3 Å². The van der Waals surface area contributed by atoms with Gasteiger partial charge >= 0.3 is 6.03 Å². The minimum Gasteiger partial charge on any atom is -0.368 e. The Morgan fingerprint density at radius 1 is 0.889 bits per heavy atom. The van der Waals surface area contributed by atoms with E-state index in [0.29, 0.717) is 6.04 Å². The summed E-state index contributed by atoms with van der Waals surface area (Å²) in [5.74, 6) is 0. The Balaban J connectivity index is 1.19. The molecule has 27 heavy (non-hydrogen) atoms. The zero-order valence-corrected chi connectivity index (χ0v) is 16.3. The summed E-state index contributed by atoms with van der Waals surface area (Å²) in [6.45, 7) is 8.01. The summed E-state index contributed by atoms with van der Waals surface area (Å²) in [5.41, 5.74) is 1.25. The quantitative estimate of drug-likeness (QED) is 0.850. The Labute approximate surface area is 162 Å². The first-order valence-electron chi connectivity index (χ1n) is 10.6. The number of nitrogens with zero attached hydrogens (tertiary/aromatic N) is 3. The van der Waals surface area contributed by atoms with E-state index in [0.717, 1.165) is 58.2 Å². The van der Waals surface area contributed by atoms with Crippen LogP contribution in [0.3, 0.4) is 0 Å². The van der Waals surface area contributed by atoms with E-state index in [1.165, 1.54) is 31.6 Å². The van der Waals surface area contributed by atoms with Gasteiger partial charge in [0.1, 0.15) is 0 Å². The van der Waals surface area contributed by atoms with Gasteiger partial charge in [0.05, 0.1) is 0 Å². The van der Waals surface area contributed by atoms with Gasteiger partial charge in [-0.1, -0.05) is 18.2 Å². The molecular formula is C21H33N5O. The van der Waals surface area contributed by atoms with Crippen LogP contribution in [0.1, 0.15) is 25.7 Å². The average molecular weight is 372 g/mol. The number of anilines is 1. The highest BCUT2D eigenvalue weighted by atomic mass is 16.2. The van der Waals surface area contributed by atoms with Gasteiger partial charge in [0.2, 0.25) is 0 Å². The third-order valence-electron chi connectivity index (χ3n) is 6.38. The molecule has 1 aromatic rings. The Morgan fingerprint density at radius 2 is 1.56 bits per heavy atom. The lowest BCUT2D eigenvalue weighted by molar-refractivity contribution is 0.126. The van der Waals surface area contributed by atoms with Gasteiger partial charge in [-0.2, -0.15) is 0 Å². The minimum atomic E-state index is 0.133. The molecule has 2 N–H and O–H groups in total. The molecule has 2 aliphatic heterocycles. The van der Waals surface area contributed by atoms with E-state index >= 15 is 0 Å². The lowest BCUT2D eigenvalue weighted by atomic mass is 9.90. The molecule has 0 atom stereocenters. The first-order chi connectivity index (χ1) is 13.3. The molecule has 2 heterocycles. The molecule has 2 amide bonds. The van der Waals surface area contributed by atoms with Crippen molar-refractivity contribution in [3.63, 3.8) is 0 Å². The Morgan fingerprint density at radius 3 is 2.22 bits per heavy atom. The van der Waals surface area contributed by atoms with Crippen LogP contribution in [0.5, 0.6) is 0 Å². The van der Waals surface area contributed by atoms with Crippen molar-refractivity contribution >= 4 is 11.7 Å². The number of rotatable bonds is 3. The van der Waals surface area contributed by atoms with Crippen molar-refractivity contribution < 1.29 is 4.79 Å². The fourth-order valence-corrected chi connectivity index (χ4v) is 4.71. The Bertz CT molecular complexity index is 588. The van der Waals surface area contributed by atoms with E-state index in [1.54, 1.807) is 0 Å². The van der Waals surface area contributed by atoms with E-state index in [9.17, 15) is 4.79 Å². The molecule has 6 nitrogen and oxygen atoms in total. The Kier molecular flexibility index (Phi) is 6.14. The standard InChI is InChI=1S/C21H33N5O/c27-21(26-16-14-25(15-17-26)19-4-2-1-3-5-19)23-18-6-8-20(9-7-18)24-12-10-22-11-13-24/h1-5,18,20,22H,6-17H2,(H,23,27). The summed E-state index contributed by atoms with van der Waals surface area (Å²) in [6, 6.07) is 11.7. The van der Waals surface area contributed by atoms with E-state index in [2.05, 4.69) is 44.7 Å². The maximum atomic E-state index is 12.7. The van der Waals surface area contributed by atoms with Crippen LogP contribution in [-0.4, -0.2) is 80.3 Å². The van der Waals surface area contributed by atoms with E-state index in [4.69, 9.17) is 0 Å². The second kappa shape index (κ2) is 8.93. The van der Waals surface area contributed by atoms with Crippen LogP contribution in [0.25, 0.3) is 0 Å². The van der Waals surface area contributed by atoms with Gasteiger partial charge in [0, 0.05) is 70.1 Å². The first kappa shape index (κ1) is 18.6. The SMILES string of the molecule is O=C(NC1CCC(N2CCNCC2)CC1)N1CCN(c2ccccc2)CC1. The van der Waals surface area contributed by atoms with Crippen LogP contribution < -0.4 is 15.5 Å². The molecule has 4 rings (SSSR count). The number of nitrogens with one attached hydrogen (secondary N) is 2. The highest BCUT2D eigenvalue weighted by Crippen LogP contribution is 2.24. The molecule has 3 aliphatic rings. The number of carbonyl (C=O) groups is 1. The smallest absolute Gasteiger partial charge is 0.317 e. The van der Waals surface area contributed by atoms with Crippen LogP contribution in [0, 0.1) is 0 Å². The predicted octanol–water partition coefficient (Wildman–Crippen LogP) is 1.73. The normalized spacial score (nSPS) is 27.4. The monoisotopic (exact) mass is 371 g/mol. The molecule has 148 valence electrons. The molecule has 1 saturated carbocycles. The lowest BCUT2D eigenvalue weighted by Gasteiger charge is -2.40. The predicted molar refractivity (Wildman–Crippen MR) is 109 cm³/mol. The maximum absolute atomic E-state index is 12.7. The van der Waals surface area contributed by atoms with Crippen LogP contribution in [0.15, 0.2) is 30.3 Å². The molecule has 1 aromatic carbocycles. The van der Waals surface area contributed by atoms with Crippen LogP contribution in [-0.2, 0) is 0 Å². The van der Waals surface area contributed by atoms with Gasteiger partial charge in [0.15, 0.2) is 0 Å². The molecule has 0 radical (unpaired) electrons. The zero-order valence-electron chi connectivity index (χ0n) is 16.3. The van der Waals surface area contributed by atoms with Gasteiger partial charge in [0.25, 0.3) is 0 Å². The molecule has 0 aromatic heterocycles. The van der Waals surface area contributed by atoms with Crippen molar-refractivity contribution in [3.8, 4) is 0 Å². The maximum Gasteiger partial charge on any atom is 0.317 e. The lowest BCUT2D eigenvalue weighted by Crippen LogP contribution is -2.55. The Hall–Kier alpha value is -1.79. The van der Waals surface area contributed by atoms with Crippen molar-refractivity contribution in [2.24, 2.45) is 0 Å². The molecule has 0 bridgehead atoms. The number of urea groups is 1. The van der Waals surface area contributed by atoms with Crippen molar-refractivity contribution in [2.45, 2.75) is 37.8 Å². The van der Waals surface area contributed by atoms with E-state index in [-0.39, 0.29) is 6.03 Å². The molecule has 6 heteroatoms. The van der Waals surface area contributed by atoms with Gasteiger partial charge in [-0.3, -0.25) is 4.90 Å². The third-order valence-corrected chi connectivity index (χ3v) is 6.38. The van der Waals surface area contributed by atoms with Crippen molar-refractivity contribution in [2.75, 3.05) is 57.3 Å². The summed E-state index contributed by atoms with van der Waals surface area (Å²) >= 11 is 0. The molecular weight excluding hydrogens is 338 g/mol. The van der Waals surface area contributed by atoms with Crippen LogP contribution in [0.4, 0.5) is 10.5 Å². The largest absolute Gasteiger partial charge is 0.368 e. The first-order valence-corrected chi connectivity index (χ1v) is 10.6. The van der Waals surface area contributed by atoms with Gasteiger partial charge in [-0.05, 0) is 37.8 Å². The highest BCUT2D eigenvalue weighted by Gasteiger charge is 2.29. The second-order valence-corrected chi connectivity index (χ2v) is 8.05. The fraction of sp³-hybridized carbons (Fsp3) is 0.667. The second-order valence-electron chi connectivity index (χ2n) is 8.05. The van der Waals surface area contributed by atoms with Gasteiger partial charge in [-0.15, -0.1) is 0 Å². The number of piperazine rings is 2. The highest BCUT2D eigenvalue weighted by molar-refractivity contribution is 5.75. The molecule has 2 saturated heterocycles. The summed E-state index contributed by atoms with van der Waals surface area (Å²) in [5, 5.41) is 6.74. The number of carbonyl (C=O) groups excluding carboxylic acids is 1. The molecule has 1 aliphatic carbocycles. The topological polar surface area (TPSA) is 50.9 Å². The number of hydrogen-bond donors (Lipinski definition) is 2. The van der Waals surface area contributed by atoms with E-state index in [1.807, 2.05) is 11.0 Å². The number of amides is 2. The van der Waals surface area contributed by atoms with Crippen LogP contribution in [0.2, 0.25) is 0 Å². The number of benzene rings is 1. The number of hydrogen-bond acceptors (Lipinski definition) is 4. The van der Waals surface area contributed by atoms with Gasteiger partial charge < -0.3 is 20.4 Å². The zero-order chi connectivity index (χ0) is 18.5. The number of para-hydroxylation sites is 1.